The molecule has 0 saturated heterocycles. The second kappa shape index (κ2) is 6.88. The Bertz CT molecular complexity index is 535. The summed E-state index contributed by atoms with van der Waals surface area (Å²) in [5.41, 5.74) is 0. The molecule has 154 valence electrons. The van der Waals surface area contributed by atoms with Gasteiger partial charge < -0.3 is 4.74 Å². The van der Waals surface area contributed by atoms with Gasteiger partial charge in [-0.25, -0.2) is 0 Å². The monoisotopic (exact) mass is 418 g/mol. The summed E-state index contributed by atoms with van der Waals surface area (Å²) < 4.78 is 167. The van der Waals surface area contributed by atoms with Gasteiger partial charge in [0, 0.05) is 6.42 Å². The Morgan fingerprint density at radius 3 is 1.46 bits per heavy atom. The van der Waals surface area contributed by atoms with E-state index in [9.17, 15) is 61.9 Å². The van der Waals surface area contributed by atoms with E-state index in [2.05, 4.69) is 11.3 Å². The highest BCUT2D eigenvalue weighted by molar-refractivity contribution is 5.89. The van der Waals surface area contributed by atoms with Gasteiger partial charge in [0.2, 0.25) is 0 Å². The van der Waals surface area contributed by atoms with Gasteiger partial charge in [-0.2, -0.15) is 57.1 Å². The lowest BCUT2D eigenvalue weighted by atomic mass is 9.97. The lowest BCUT2D eigenvalue weighted by molar-refractivity contribution is -0.465. The molecule has 2 nitrogen and oxygen atoms in total. The first-order chi connectivity index (χ1) is 11.2. The van der Waals surface area contributed by atoms with Crippen LogP contribution in [0, 0.1) is 0 Å². The van der Waals surface area contributed by atoms with E-state index in [1.807, 2.05) is 0 Å². The molecule has 0 aliphatic heterocycles. The number of ketones is 1. The normalized spacial score (nSPS) is 15.1. The average Bonchev–Trinajstić information content (AvgIpc) is 2.44. The van der Waals surface area contributed by atoms with Crippen molar-refractivity contribution in [3.05, 3.63) is 12.7 Å². The molecule has 0 spiro atoms. The first-order valence-corrected chi connectivity index (χ1v) is 5.95. The van der Waals surface area contributed by atoms with Crippen LogP contribution in [-0.4, -0.2) is 48.4 Å². The lowest BCUT2D eigenvalue weighted by Gasteiger charge is -2.39. The van der Waals surface area contributed by atoms with Crippen molar-refractivity contribution in [3.8, 4) is 0 Å². The minimum Gasteiger partial charge on any atom is -0.315 e. The van der Waals surface area contributed by atoms with E-state index in [0.717, 1.165) is 0 Å². The van der Waals surface area contributed by atoms with E-state index < -0.39 is 54.8 Å². The van der Waals surface area contributed by atoms with Crippen LogP contribution in [0.25, 0.3) is 0 Å². The molecule has 0 aliphatic rings. The van der Waals surface area contributed by atoms with E-state index in [1.54, 1.807) is 0 Å². The molecule has 0 aliphatic carbocycles. The molecule has 0 fully saturated rings. The van der Waals surface area contributed by atoms with Crippen LogP contribution >= 0.6 is 0 Å². The third kappa shape index (κ3) is 3.76. The van der Waals surface area contributed by atoms with Gasteiger partial charge in [-0.1, -0.05) is 6.58 Å². The Kier molecular flexibility index (Phi) is 6.48. The molecule has 0 unspecified atom stereocenters. The highest BCUT2D eigenvalue weighted by Gasteiger charge is 2.91. The molecule has 26 heavy (non-hydrogen) atoms. The quantitative estimate of drug-likeness (QED) is 0.396. The molecule has 0 heterocycles. The van der Waals surface area contributed by atoms with Crippen LogP contribution in [-0.2, 0) is 9.53 Å². The highest BCUT2D eigenvalue weighted by Crippen LogP contribution is 2.60. The molecule has 0 bridgehead atoms. The summed E-state index contributed by atoms with van der Waals surface area (Å²) in [6.45, 7) is 1.01. The van der Waals surface area contributed by atoms with Gasteiger partial charge in [-0.3, -0.25) is 4.79 Å². The molecule has 0 amide bonds. The Balaban J connectivity index is 5.85. The van der Waals surface area contributed by atoms with Gasteiger partial charge >= 0.3 is 36.0 Å². The number of rotatable bonds is 9. The molecule has 0 aromatic rings. The maximum absolute atomic E-state index is 13.1. The number of alkyl halides is 13. The van der Waals surface area contributed by atoms with Crippen molar-refractivity contribution in [2.75, 3.05) is 6.61 Å². The zero-order chi connectivity index (χ0) is 21.4. The molecule has 0 N–H and O–H groups in total. The van der Waals surface area contributed by atoms with E-state index in [0.29, 0.717) is 6.08 Å². The van der Waals surface area contributed by atoms with Crippen LogP contribution in [0.4, 0.5) is 57.1 Å². The predicted molar refractivity (Wildman–Crippen MR) is 56.6 cm³/mol. The SMILES string of the molecule is C=CC(=O)CCOC(F)(F)C(F)(F)C(F)(F)C(F)(F)C(F)(F)C(F)(F)F. The molecule has 0 rings (SSSR count). The predicted octanol–water partition coefficient (Wildman–Crippen LogP) is 4.84. The van der Waals surface area contributed by atoms with Crippen LogP contribution in [0.1, 0.15) is 6.42 Å². The van der Waals surface area contributed by atoms with Gasteiger partial charge in [0.1, 0.15) is 0 Å². The number of hydrogen-bond donors (Lipinski definition) is 0. The summed E-state index contributed by atoms with van der Waals surface area (Å²) in [5, 5.41) is 0. The smallest absolute Gasteiger partial charge is 0.315 e. The summed E-state index contributed by atoms with van der Waals surface area (Å²) in [7, 11) is 0. The third-order valence-electron chi connectivity index (χ3n) is 2.76. The standard InChI is InChI=1S/C11H7F13O2/c1-2-5(25)3-4-26-11(23,24)9(18,19)7(14,15)6(12,13)8(16,17)10(20,21)22/h2H,1,3-4H2. The van der Waals surface area contributed by atoms with Crippen molar-refractivity contribution < 1.29 is 66.6 Å². The molecule has 15 heteroatoms. The van der Waals surface area contributed by atoms with Crippen LogP contribution < -0.4 is 0 Å². The topological polar surface area (TPSA) is 26.3 Å². The van der Waals surface area contributed by atoms with Crippen LogP contribution in [0.3, 0.4) is 0 Å². The number of halogens is 13. The van der Waals surface area contributed by atoms with Crippen molar-refractivity contribution >= 4 is 5.78 Å². The minimum atomic E-state index is -7.98. The fourth-order valence-corrected chi connectivity index (χ4v) is 1.23. The number of carbonyl (C=O) groups excluding carboxylic acids is 1. The first-order valence-electron chi connectivity index (χ1n) is 5.95. The lowest BCUT2D eigenvalue weighted by Crippen LogP contribution is -2.70. The summed E-state index contributed by atoms with van der Waals surface area (Å²) in [5.74, 6) is -32.3. The van der Waals surface area contributed by atoms with Gasteiger partial charge in [-0.15, -0.1) is 0 Å². The van der Waals surface area contributed by atoms with Gasteiger partial charge in [-0.05, 0) is 6.08 Å². The number of ether oxygens (including phenoxy) is 1. The van der Waals surface area contributed by atoms with Crippen molar-refractivity contribution in [2.45, 2.75) is 42.4 Å². The van der Waals surface area contributed by atoms with E-state index in [4.69, 9.17) is 0 Å². The third-order valence-corrected chi connectivity index (χ3v) is 2.76. The van der Waals surface area contributed by atoms with Gasteiger partial charge in [0.05, 0.1) is 6.61 Å². The van der Waals surface area contributed by atoms with Crippen molar-refractivity contribution in [3.63, 3.8) is 0 Å². The number of carbonyl (C=O) groups is 1. The Labute approximate surface area is 135 Å². The second-order valence-electron chi connectivity index (χ2n) is 4.58. The summed E-state index contributed by atoms with van der Waals surface area (Å²) >= 11 is 0. The van der Waals surface area contributed by atoms with Gasteiger partial charge in [0.15, 0.2) is 5.78 Å². The van der Waals surface area contributed by atoms with E-state index in [1.165, 1.54) is 0 Å². The molecule has 0 radical (unpaired) electrons. The Hall–Kier alpha value is -1.54. The highest BCUT2D eigenvalue weighted by atomic mass is 19.4. The molecule has 0 saturated carbocycles. The Morgan fingerprint density at radius 2 is 1.12 bits per heavy atom. The minimum absolute atomic E-state index is 0.451. The van der Waals surface area contributed by atoms with E-state index >= 15 is 0 Å². The summed E-state index contributed by atoms with van der Waals surface area (Å²) in [4.78, 5) is 10.6. The number of allylic oxidation sites excluding steroid dienone is 1. The fraction of sp³-hybridized carbons (Fsp3) is 0.727. The zero-order valence-corrected chi connectivity index (χ0v) is 11.9. The second-order valence-corrected chi connectivity index (χ2v) is 4.58. The van der Waals surface area contributed by atoms with Crippen LogP contribution in [0.5, 0.6) is 0 Å². The maximum Gasteiger partial charge on any atom is 0.460 e. The van der Waals surface area contributed by atoms with E-state index in [-0.39, 0.29) is 0 Å². The summed E-state index contributed by atoms with van der Waals surface area (Å²) in [6, 6.07) is 0. The van der Waals surface area contributed by atoms with Crippen molar-refractivity contribution in [2.24, 2.45) is 0 Å². The molecular formula is C11H7F13O2. The van der Waals surface area contributed by atoms with Gasteiger partial charge in [0.25, 0.3) is 0 Å². The Morgan fingerprint density at radius 1 is 0.731 bits per heavy atom. The molecule has 0 atom stereocenters. The van der Waals surface area contributed by atoms with Crippen molar-refractivity contribution in [1.82, 2.24) is 0 Å². The largest absolute Gasteiger partial charge is 0.460 e. The number of hydrogen-bond acceptors (Lipinski definition) is 2. The molecular weight excluding hydrogens is 411 g/mol. The maximum atomic E-state index is 13.1. The van der Waals surface area contributed by atoms with Crippen LogP contribution in [0.15, 0.2) is 12.7 Å². The first kappa shape index (κ1) is 24.5. The zero-order valence-electron chi connectivity index (χ0n) is 11.9. The summed E-state index contributed by atoms with van der Waals surface area (Å²) in [6.07, 6.45) is -14.8. The molecule has 0 aromatic heterocycles. The average molecular weight is 418 g/mol. The van der Waals surface area contributed by atoms with Crippen LogP contribution in [0.2, 0.25) is 0 Å². The molecule has 0 aromatic carbocycles. The van der Waals surface area contributed by atoms with Crippen molar-refractivity contribution in [1.29, 1.82) is 0 Å². The fourth-order valence-electron chi connectivity index (χ4n) is 1.23.